The Labute approximate surface area is 119 Å². The van der Waals surface area contributed by atoms with Gasteiger partial charge in [0.15, 0.2) is 17.7 Å². The van der Waals surface area contributed by atoms with Crippen molar-refractivity contribution >= 4 is 5.71 Å². The van der Waals surface area contributed by atoms with Crippen molar-refractivity contribution in [3.05, 3.63) is 23.8 Å². The molecule has 0 spiro atoms. The summed E-state index contributed by atoms with van der Waals surface area (Å²) in [5.74, 6) is 1.30. The van der Waals surface area contributed by atoms with Crippen molar-refractivity contribution < 1.29 is 14.7 Å². The molecular weight excluding hydrogens is 256 g/mol. The van der Waals surface area contributed by atoms with Crippen molar-refractivity contribution in [1.82, 2.24) is 5.06 Å². The largest absolute Gasteiger partial charge is 0.493 e. The van der Waals surface area contributed by atoms with Crippen LogP contribution in [0.1, 0.15) is 38.9 Å². The molecule has 0 aromatic heterocycles. The summed E-state index contributed by atoms with van der Waals surface area (Å²) in [5.41, 5.74) is 1.41. The highest BCUT2D eigenvalue weighted by Crippen LogP contribution is 2.39. The predicted molar refractivity (Wildman–Crippen MR) is 77.7 cm³/mol. The molecule has 1 aliphatic heterocycles. The molecule has 5 nitrogen and oxygen atoms in total. The van der Waals surface area contributed by atoms with Crippen LogP contribution < -0.4 is 9.47 Å². The predicted octanol–water partition coefficient (Wildman–Crippen LogP) is 3.04. The van der Waals surface area contributed by atoms with E-state index >= 15 is 0 Å². The summed E-state index contributed by atoms with van der Waals surface area (Å²) in [6.45, 7) is 5.98. The summed E-state index contributed by atoms with van der Waals surface area (Å²) < 4.78 is 10.5. The SMILES string of the molecule is CCC1=N[C@@H](c2ccc(OC)c(OC)c2)N(O)C1(C)C. The van der Waals surface area contributed by atoms with E-state index in [-0.39, 0.29) is 0 Å². The van der Waals surface area contributed by atoms with E-state index < -0.39 is 11.7 Å². The third-order valence-corrected chi connectivity index (χ3v) is 3.83. The van der Waals surface area contributed by atoms with Crippen molar-refractivity contribution in [3.63, 3.8) is 0 Å². The van der Waals surface area contributed by atoms with Gasteiger partial charge in [0.1, 0.15) is 0 Å². The Hall–Kier alpha value is -1.59. The third kappa shape index (κ3) is 2.27. The van der Waals surface area contributed by atoms with E-state index in [1.54, 1.807) is 14.2 Å². The molecule has 1 aromatic carbocycles. The van der Waals surface area contributed by atoms with E-state index in [4.69, 9.17) is 9.47 Å². The number of benzene rings is 1. The van der Waals surface area contributed by atoms with Crippen molar-refractivity contribution in [2.75, 3.05) is 14.2 Å². The molecule has 0 amide bonds. The van der Waals surface area contributed by atoms with Crippen LogP contribution in [0.4, 0.5) is 0 Å². The van der Waals surface area contributed by atoms with Crippen LogP contribution in [-0.2, 0) is 0 Å². The van der Waals surface area contributed by atoms with Gasteiger partial charge in [0, 0.05) is 5.71 Å². The molecule has 1 atom stereocenters. The second-order valence-corrected chi connectivity index (χ2v) is 5.32. The molecule has 1 aliphatic rings. The monoisotopic (exact) mass is 278 g/mol. The highest BCUT2D eigenvalue weighted by Gasteiger charge is 2.42. The van der Waals surface area contributed by atoms with Crippen LogP contribution in [0.5, 0.6) is 11.5 Å². The summed E-state index contributed by atoms with van der Waals surface area (Å²) in [4.78, 5) is 4.64. The van der Waals surface area contributed by atoms with Gasteiger partial charge in [-0.1, -0.05) is 13.0 Å². The van der Waals surface area contributed by atoms with E-state index in [2.05, 4.69) is 4.99 Å². The maximum atomic E-state index is 10.4. The fourth-order valence-electron chi connectivity index (χ4n) is 2.55. The van der Waals surface area contributed by atoms with Gasteiger partial charge < -0.3 is 14.7 Å². The fraction of sp³-hybridized carbons (Fsp3) is 0.533. The van der Waals surface area contributed by atoms with Crippen molar-refractivity contribution in [3.8, 4) is 11.5 Å². The molecule has 0 fully saturated rings. The molecule has 20 heavy (non-hydrogen) atoms. The van der Waals surface area contributed by atoms with Crippen molar-refractivity contribution in [2.45, 2.75) is 38.9 Å². The second-order valence-electron chi connectivity index (χ2n) is 5.32. The molecule has 2 rings (SSSR count). The number of hydrogen-bond donors (Lipinski definition) is 1. The fourth-order valence-corrected chi connectivity index (χ4v) is 2.55. The van der Waals surface area contributed by atoms with Gasteiger partial charge in [-0.25, -0.2) is 0 Å². The summed E-state index contributed by atoms with van der Waals surface area (Å²) in [6.07, 6.45) is 0.410. The van der Waals surface area contributed by atoms with Crippen LogP contribution in [0.25, 0.3) is 0 Å². The van der Waals surface area contributed by atoms with Gasteiger partial charge >= 0.3 is 0 Å². The molecule has 0 saturated carbocycles. The summed E-state index contributed by atoms with van der Waals surface area (Å²) in [6, 6.07) is 5.58. The van der Waals surface area contributed by atoms with Gasteiger partial charge in [0.25, 0.3) is 0 Å². The van der Waals surface area contributed by atoms with Crippen LogP contribution in [0, 0.1) is 0 Å². The molecule has 0 unspecified atom stereocenters. The third-order valence-electron chi connectivity index (χ3n) is 3.83. The average molecular weight is 278 g/mol. The Kier molecular flexibility index (Phi) is 4.01. The van der Waals surface area contributed by atoms with Gasteiger partial charge in [-0.15, -0.1) is 0 Å². The number of rotatable bonds is 4. The lowest BCUT2D eigenvalue weighted by Crippen LogP contribution is -2.43. The Balaban J connectivity index is 2.40. The molecule has 0 aliphatic carbocycles. The molecule has 0 bridgehead atoms. The van der Waals surface area contributed by atoms with Crippen LogP contribution >= 0.6 is 0 Å². The van der Waals surface area contributed by atoms with Crippen molar-refractivity contribution in [2.24, 2.45) is 4.99 Å². The Morgan fingerprint density at radius 3 is 2.40 bits per heavy atom. The first kappa shape index (κ1) is 14.8. The summed E-state index contributed by atoms with van der Waals surface area (Å²) in [5, 5.41) is 11.7. The minimum Gasteiger partial charge on any atom is -0.493 e. The first-order chi connectivity index (χ1) is 9.45. The first-order valence-electron chi connectivity index (χ1n) is 6.73. The molecular formula is C15H22N2O3. The van der Waals surface area contributed by atoms with Crippen LogP contribution in [0.2, 0.25) is 0 Å². The Bertz CT molecular complexity index is 526. The zero-order chi connectivity index (χ0) is 14.9. The first-order valence-corrected chi connectivity index (χ1v) is 6.73. The number of hydroxylamine groups is 2. The lowest BCUT2D eigenvalue weighted by Gasteiger charge is -2.30. The lowest BCUT2D eigenvalue weighted by molar-refractivity contribution is -0.159. The van der Waals surface area contributed by atoms with E-state index in [0.29, 0.717) is 11.5 Å². The second kappa shape index (κ2) is 5.42. The molecule has 110 valence electrons. The van der Waals surface area contributed by atoms with Crippen LogP contribution in [0.15, 0.2) is 23.2 Å². The quantitative estimate of drug-likeness (QED) is 0.919. The number of aliphatic imine (C=N–C) groups is 1. The Morgan fingerprint density at radius 2 is 1.90 bits per heavy atom. The standard InChI is InChI=1S/C15H22N2O3/c1-6-13-15(2,3)17(18)14(16-13)10-7-8-11(19-4)12(9-10)20-5/h7-9,14,18H,6H2,1-5H3/t14-/m1/s1. The molecule has 1 heterocycles. The lowest BCUT2D eigenvalue weighted by atomic mass is 9.97. The average Bonchev–Trinajstić information content (AvgIpc) is 2.69. The van der Waals surface area contributed by atoms with Gasteiger partial charge in [-0.2, -0.15) is 5.06 Å². The zero-order valence-electron chi connectivity index (χ0n) is 12.7. The maximum Gasteiger partial charge on any atom is 0.161 e. The molecule has 0 radical (unpaired) electrons. The molecule has 1 N–H and O–H groups in total. The van der Waals surface area contributed by atoms with Gasteiger partial charge in [-0.3, -0.25) is 4.99 Å². The zero-order valence-corrected chi connectivity index (χ0v) is 12.7. The maximum absolute atomic E-state index is 10.4. The van der Waals surface area contributed by atoms with Gasteiger partial charge in [-0.05, 0) is 38.0 Å². The number of hydrogen-bond acceptors (Lipinski definition) is 5. The van der Waals surface area contributed by atoms with Gasteiger partial charge in [0.05, 0.1) is 19.8 Å². The van der Waals surface area contributed by atoms with E-state index in [9.17, 15) is 5.21 Å². The van der Waals surface area contributed by atoms with Gasteiger partial charge in [0.2, 0.25) is 0 Å². The molecule has 0 saturated heterocycles. The van der Waals surface area contributed by atoms with E-state index in [0.717, 1.165) is 17.7 Å². The summed E-state index contributed by atoms with van der Waals surface area (Å²) in [7, 11) is 3.19. The minimum atomic E-state index is -0.452. The van der Waals surface area contributed by atoms with Crippen molar-refractivity contribution in [1.29, 1.82) is 0 Å². The normalized spacial score (nSPS) is 21.7. The van der Waals surface area contributed by atoms with E-state index in [1.807, 2.05) is 39.0 Å². The Morgan fingerprint density at radius 1 is 1.25 bits per heavy atom. The topological polar surface area (TPSA) is 54.3 Å². The number of nitrogens with zero attached hydrogens (tertiary/aromatic N) is 2. The van der Waals surface area contributed by atoms with Crippen LogP contribution in [0.3, 0.4) is 0 Å². The van der Waals surface area contributed by atoms with Crippen LogP contribution in [-0.4, -0.2) is 35.7 Å². The summed E-state index contributed by atoms with van der Waals surface area (Å²) >= 11 is 0. The van der Waals surface area contributed by atoms with E-state index in [1.165, 1.54) is 5.06 Å². The highest BCUT2D eigenvalue weighted by atomic mass is 16.5. The minimum absolute atomic E-state index is 0.403. The molecule has 5 heteroatoms. The number of ether oxygens (including phenoxy) is 2. The smallest absolute Gasteiger partial charge is 0.161 e. The number of methoxy groups -OCH3 is 2. The highest BCUT2D eigenvalue weighted by molar-refractivity contribution is 5.94. The molecule has 1 aromatic rings.